The number of aryl methyl sites for hydroxylation is 1. The summed E-state index contributed by atoms with van der Waals surface area (Å²) in [7, 11) is 0. The van der Waals surface area contributed by atoms with Crippen LogP contribution in [0.25, 0.3) is 0 Å². The van der Waals surface area contributed by atoms with E-state index in [1.54, 1.807) is 10.5 Å². The van der Waals surface area contributed by atoms with Crippen LogP contribution in [0.1, 0.15) is 62.4 Å². The molecule has 0 aromatic carbocycles. The highest BCUT2D eigenvalue weighted by Crippen LogP contribution is 2.34. The molecule has 18 heavy (non-hydrogen) atoms. The number of hydrogen-bond donors (Lipinski definition) is 1. The molecule has 0 saturated heterocycles. The zero-order valence-electron chi connectivity index (χ0n) is 11.7. The van der Waals surface area contributed by atoms with Crippen molar-refractivity contribution >= 4 is 11.3 Å². The highest BCUT2D eigenvalue weighted by atomic mass is 32.1. The van der Waals surface area contributed by atoms with Crippen molar-refractivity contribution in [2.75, 3.05) is 6.54 Å². The Bertz CT molecular complexity index is 392. The van der Waals surface area contributed by atoms with Crippen LogP contribution >= 0.6 is 11.3 Å². The van der Waals surface area contributed by atoms with Crippen LogP contribution in [0, 0.1) is 0 Å². The molecule has 1 aromatic rings. The Labute approximate surface area is 115 Å². The van der Waals surface area contributed by atoms with Crippen LogP contribution in [-0.4, -0.2) is 6.54 Å². The van der Waals surface area contributed by atoms with Gasteiger partial charge >= 0.3 is 0 Å². The summed E-state index contributed by atoms with van der Waals surface area (Å²) in [6.45, 7) is 5.52. The maximum absolute atomic E-state index is 3.70. The van der Waals surface area contributed by atoms with Gasteiger partial charge in [0.25, 0.3) is 0 Å². The fraction of sp³-hybridized carbons (Fsp3) is 0.625. The van der Waals surface area contributed by atoms with Crippen molar-refractivity contribution in [3.63, 3.8) is 0 Å². The summed E-state index contributed by atoms with van der Waals surface area (Å²) >= 11 is 1.92. The third-order valence-corrected chi connectivity index (χ3v) is 4.80. The molecule has 100 valence electrons. The van der Waals surface area contributed by atoms with Gasteiger partial charge in [-0.1, -0.05) is 31.9 Å². The number of nitrogens with one attached hydrogen (secondary N) is 1. The van der Waals surface area contributed by atoms with Gasteiger partial charge < -0.3 is 5.32 Å². The fourth-order valence-electron chi connectivity index (χ4n) is 2.79. The molecule has 0 fully saturated rings. The second-order valence-electron chi connectivity index (χ2n) is 5.03. The number of likely N-dealkylation sites (N-methyl/N-ethyl adjacent to an activating group) is 1. The molecule has 0 radical (unpaired) electrons. The van der Waals surface area contributed by atoms with Gasteiger partial charge in [0.05, 0.1) is 6.04 Å². The molecule has 2 heteroatoms. The Balaban J connectivity index is 2.24. The quantitative estimate of drug-likeness (QED) is 0.749. The minimum absolute atomic E-state index is 0.475. The van der Waals surface area contributed by atoms with E-state index in [2.05, 4.69) is 36.7 Å². The predicted molar refractivity (Wildman–Crippen MR) is 81.3 cm³/mol. The molecule has 1 aliphatic rings. The lowest BCUT2D eigenvalue weighted by molar-refractivity contribution is 0.594. The largest absolute Gasteiger partial charge is 0.306 e. The van der Waals surface area contributed by atoms with Gasteiger partial charge in [0.1, 0.15) is 0 Å². The van der Waals surface area contributed by atoms with Gasteiger partial charge in [-0.3, -0.25) is 0 Å². The first-order valence-corrected chi connectivity index (χ1v) is 8.23. The average Bonchev–Trinajstić information content (AvgIpc) is 2.69. The van der Waals surface area contributed by atoms with E-state index in [-0.39, 0.29) is 0 Å². The molecular weight excluding hydrogens is 238 g/mol. The SMILES string of the molecule is CCNC(C1=CCCCCC1)c1sccc1CC. The zero-order chi connectivity index (χ0) is 12.8. The smallest absolute Gasteiger partial charge is 0.0633 e. The van der Waals surface area contributed by atoms with E-state index in [1.165, 1.54) is 37.7 Å². The number of hydrogen-bond acceptors (Lipinski definition) is 2. The number of allylic oxidation sites excluding steroid dienone is 1. The van der Waals surface area contributed by atoms with Gasteiger partial charge in [0, 0.05) is 4.88 Å². The average molecular weight is 263 g/mol. The first-order chi connectivity index (χ1) is 8.86. The minimum atomic E-state index is 0.475. The first kappa shape index (κ1) is 13.8. The molecule has 2 rings (SSSR count). The molecule has 1 unspecified atom stereocenters. The summed E-state index contributed by atoms with van der Waals surface area (Å²) in [6.07, 6.45) is 10.3. The summed E-state index contributed by atoms with van der Waals surface area (Å²) in [5.41, 5.74) is 3.16. The van der Waals surface area contributed by atoms with E-state index in [1.807, 2.05) is 11.3 Å². The van der Waals surface area contributed by atoms with Crippen LogP contribution in [0.5, 0.6) is 0 Å². The van der Waals surface area contributed by atoms with E-state index < -0.39 is 0 Å². The van der Waals surface area contributed by atoms with Gasteiger partial charge in [0.15, 0.2) is 0 Å². The highest BCUT2D eigenvalue weighted by molar-refractivity contribution is 7.10. The van der Waals surface area contributed by atoms with Crippen molar-refractivity contribution in [3.8, 4) is 0 Å². The van der Waals surface area contributed by atoms with Crippen molar-refractivity contribution in [2.24, 2.45) is 0 Å². The van der Waals surface area contributed by atoms with Crippen molar-refractivity contribution < 1.29 is 0 Å². The molecule has 1 heterocycles. The van der Waals surface area contributed by atoms with Crippen molar-refractivity contribution in [1.29, 1.82) is 0 Å². The Morgan fingerprint density at radius 1 is 1.28 bits per heavy atom. The maximum Gasteiger partial charge on any atom is 0.0633 e. The lowest BCUT2D eigenvalue weighted by Crippen LogP contribution is -2.23. The summed E-state index contributed by atoms with van der Waals surface area (Å²) in [5, 5.41) is 5.95. The second-order valence-corrected chi connectivity index (χ2v) is 5.98. The Morgan fingerprint density at radius 2 is 2.17 bits per heavy atom. The second kappa shape index (κ2) is 7.10. The van der Waals surface area contributed by atoms with Crippen LogP contribution in [0.2, 0.25) is 0 Å². The number of rotatable bonds is 5. The molecule has 1 aromatic heterocycles. The maximum atomic E-state index is 3.70. The lowest BCUT2D eigenvalue weighted by atomic mass is 9.97. The highest BCUT2D eigenvalue weighted by Gasteiger charge is 2.20. The fourth-order valence-corrected chi connectivity index (χ4v) is 3.90. The van der Waals surface area contributed by atoms with Gasteiger partial charge in [-0.2, -0.15) is 0 Å². The lowest BCUT2D eigenvalue weighted by Gasteiger charge is -2.21. The molecule has 0 saturated carbocycles. The molecule has 1 atom stereocenters. The first-order valence-electron chi connectivity index (χ1n) is 7.35. The summed E-state index contributed by atoms with van der Waals surface area (Å²) in [5.74, 6) is 0. The van der Waals surface area contributed by atoms with Crippen LogP contribution < -0.4 is 5.32 Å². The Kier molecular flexibility index (Phi) is 5.45. The summed E-state index contributed by atoms with van der Waals surface area (Å²) in [4.78, 5) is 1.55. The molecular formula is C16H25NS. The van der Waals surface area contributed by atoms with Crippen molar-refractivity contribution in [1.82, 2.24) is 5.32 Å². The predicted octanol–water partition coefficient (Wildman–Crippen LogP) is 4.85. The van der Waals surface area contributed by atoms with E-state index in [4.69, 9.17) is 0 Å². The minimum Gasteiger partial charge on any atom is -0.306 e. The third kappa shape index (κ3) is 3.24. The Hall–Kier alpha value is -0.600. The van der Waals surface area contributed by atoms with Crippen LogP contribution in [-0.2, 0) is 6.42 Å². The third-order valence-electron chi connectivity index (χ3n) is 3.78. The van der Waals surface area contributed by atoms with E-state index >= 15 is 0 Å². The zero-order valence-corrected chi connectivity index (χ0v) is 12.5. The van der Waals surface area contributed by atoms with Crippen molar-refractivity contribution in [2.45, 2.75) is 58.4 Å². The standard InChI is InChI=1S/C16H25NS/c1-3-13-11-12-18-16(13)15(17-4-2)14-9-7-5-6-8-10-14/h9,11-12,15,17H,3-8,10H2,1-2H3. The summed E-state index contributed by atoms with van der Waals surface area (Å²) < 4.78 is 0. The number of thiophene rings is 1. The van der Waals surface area contributed by atoms with Crippen LogP contribution in [0.15, 0.2) is 23.1 Å². The molecule has 1 aliphatic carbocycles. The molecule has 0 amide bonds. The Morgan fingerprint density at radius 3 is 2.94 bits per heavy atom. The van der Waals surface area contributed by atoms with E-state index in [0.29, 0.717) is 6.04 Å². The molecule has 1 N–H and O–H groups in total. The van der Waals surface area contributed by atoms with Crippen LogP contribution in [0.3, 0.4) is 0 Å². The van der Waals surface area contributed by atoms with Gasteiger partial charge in [-0.15, -0.1) is 11.3 Å². The molecule has 0 bridgehead atoms. The van der Waals surface area contributed by atoms with E-state index in [0.717, 1.165) is 13.0 Å². The van der Waals surface area contributed by atoms with Gasteiger partial charge in [-0.25, -0.2) is 0 Å². The van der Waals surface area contributed by atoms with Crippen molar-refractivity contribution in [3.05, 3.63) is 33.5 Å². The molecule has 0 spiro atoms. The van der Waals surface area contributed by atoms with E-state index in [9.17, 15) is 0 Å². The molecule has 1 nitrogen and oxygen atoms in total. The van der Waals surface area contributed by atoms with Gasteiger partial charge in [-0.05, 0) is 55.7 Å². The topological polar surface area (TPSA) is 12.0 Å². The molecule has 0 aliphatic heterocycles. The summed E-state index contributed by atoms with van der Waals surface area (Å²) in [6, 6.07) is 2.77. The monoisotopic (exact) mass is 263 g/mol. The normalized spacial score (nSPS) is 18.2. The van der Waals surface area contributed by atoms with Crippen LogP contribution in [0.4, 0.5) is 0 Å². The van der Waals surface area contributed by atoms with Gasteiger partial charge in [0.2, 0.25) is 0 Å².